The molecule has 14 N–H and O–H groups in total. The van der Waals surface area contributed by atoms with E-state index in [1.54, 1.807) is 0 Å². The van der Waals surface area contributed by atoms with Crippen molar-refractivity contribution in [1.82, 2.24) is 0 Å². The van der Waals surface area contributed by atoms with E-state index < -0.39 is 160 Å². The second kappa shape index (κ2) is 16.8. The highest BCUT2D eigenvalue weighted by molar-refractivity contribution is 7.80. The SMILES string of the molecule is O=S(=O)(O)O[C@H]1[C@H](O)[C@@H](O)[C@@H](O)O[C@@H]1CO[C@H]1O[C@H](CO[C@H]2O[C@H](CO[C@H]3O[C@H](CO)[C@@H](O)[C@H](O)[C@H]3O)[C@@H](O)[C@H](O)[C@H]2O)[C@@H](O)[C@H](O)[C@H]1O. The molecule has 20 atom stereocenters. The van der Waals surface area contributed by atoms with Gasteiger partial charge in [-0.1, -0.05) is 0 Å². The lowest BCUT2D eigenvalue weighted by Gasteiger charge is -2.44. The lowest BCUT2D eigenvalue weighted by Crippen LogP contribution is -2.63. The van der Waals surface area contributed by atoms with Gasteiger partial charge >= 0.3 is 10.4 Å². The van der Waals surface area contributed by atoms with Crippen LogP contribution in [-0.4, -0.2) is 229 Å². The molecule has 0 spiro atoms. The maximum atomic E-state index is 11.2. The Balaban J connectivity index is 1.36. The Bertz CT molecular complexity index is 1150. The van der Waals surface area contributed by atoms with Crippen molar-refractivity contribution in [2.75, 3.05) is 26.4 Å². The molecular weight excluding hydrogens is 704 g/mol. The standard InChI is InChI=1S/C24H42O24S/c25-1-5-9(26)12(29)17(34)22(45-5)41-2-6-10(27)13(30)18(35)23(46-6)42-3-7-11(28)14(31)19(36)24(47-7)43-4-8-20(48-49(38,39)40)15(32)16(33)21(37)44-8/h5-37H,1-4H2,(H,38,39,40)/t5-,6-,7-,8-,9-,10-,11-,12+,13+,14+,15-,16-,17-,18-,19-,20-,21+,22+,23+,24+/m1/s1. The second-order valence-electron chi connectivity index (χ2n) is 11.8. The molecule has 4 rings (SSSR count). The maximum absolute atomic E-state index is 11.2. The summed E-state index contributed by atoms with van der Waals surface area (Å²) in [5.41, 5.74) is 0. The molecule has 0 aromatic heterocycles. The van der Waals surface area contributed by atoms with Crippen LogP contribution in [0.4, 0.5) is 0 Å². The number of hydrogen-bond donors (Lipinski definition) is 14. The van der Waals surface area contributed by atoms with Crippen molar-refractivity contribution in [3.8, 4) is 0 Å². The van der Waals surface area contributed by atoms with E-state index in [2.05, 4.69) is 4.18 Å². The van der Waals surface area contributed by atoms with E-state index in [1.807, 2.05) is 0 Å². The molecule has 0 bridgehead atoms. The zero-order chi connectivity index (χ0) is 36.5. The number of hydrogen-bond acceptors (Lipinski definition) is 23. The quantitative estimate of drug-likeness (QED) is 0.0824. The lowest BCUT2D eigenvalue weighted by molar-refractivity contribution is -0.346. The molecule has 0 aromatic rings. The summed E-state index contributed by atoms with van der Waals surface area (Å²) in [5.74, 6) is 0. The van der Waals surface area contributed by atoms with Crippen molar-refractivity contribution in [2.45, 2.75) is 123 Å². The third-order valence-corrected chi connectivity index (χ3v) is 8.82. The first-order valence-electron chi connectivity index (χ1n) is 14.8. The molecular formula is C24H42O24S. The molecule has 25 heteroatoms. The average molecular weight is 747 g/mol. The summed E-state index contributed by atoms with van der Waals surface area (Å²) < 4.78 is 73.0. The fourth-order valence-electron chi connectivity index (χ4n) is 5.47. The van der Waals surface area contributed by atoms with Crippen molar-refractivity contribution in [3.05, 3.63) is 0 Å². The fraction of sp³-hybridized carbons (Fsp3) is 1.00. The van der Waals surface area contributed by atoms with E-state index in [4.69, 9.17) is 37.7 Å². The van der Waals surface area contributed by atoms with Gasteiger partial charge in [-0.2, -0.15) is 8.42 Å². The summed E-state index contributed by atoms with van der Waals surface area (Å²) in [6.07, 6.45) is -36.6. The number of ether oxygens (including phenoxy) is 7. The summed E-state index contributed by atoms with van der Waals surface area (Å²) >= 11 is 0. The van der Waals surface area contributed by atoms with E-state index >= 15 is 0 Å². The van der Waals surface area contributed by atoms with Crippen LogP contribution in [0.3, 0.4) is 0 Å². The van der Waals surface area contributed by atoms with Crippen LogP contribution >= 0.6 is 0 Å². The van der Waals surface area contributed by atoms with Crippen LogP contribution in [0.1, 0.15) is 0 Å². The first-order chi connectivity index (χ1) is 22.9. The van der Waals surface area contributed by atoms with Gasteiger partial charge in [0.15, 0.2) is 25.2 Å². The Morgan fingerprint density at radius 3 is 1.20 bits per heavy atom. The predicted molar refractivity (Wildman–Crippen MR) is 144 cm³/mol. The van der Waals surface area contributed by atoms with Crippen LogP contribution in [-0.2, 0) is 47.7 Å². The Hall–Kier alpha value is -0.930. The zero-order valence-corrected chi connectivity index (χ0v) is 25.9. The molecule has 4 aliphatic heterocycles. The van der Waals surface area contributed by atoms with Crippen LogP contribution in [0, 0.1) is 0 Å². The molecule has 0 aliphatic carbocycles. The first-order valence-corrected chi connectivity index (χ1v) is 16.1. The van der Waals surface area contributed by atoms with Gasteiger partial charge in [-0.3, -0.25) is 4.55 Å². The average Bonchev–Trinajstić information content (AvgIpc) is 3.05. The van der Waals surface area contributed by atoms with Crippen molar-refractivity contribution in [2.24, 2.45) is 0 Å². The van der Waals surface area contributed by atoms with Crippen molar-refractivity contribution >= 4 is 10.4 Å². The molecule has 0 unspecified atom stereocenters. The Morgan fingerprint density at radius 1 is 0.449 bits per heavy atom. The Labute approximate surface area is 276 Å². The lowest BCUT2D eigenvalue weighted by atomic mass is 9.98. The highest BCUT2D eigenvalue weighted by atomic mass is 32.3. The van der Waals surface area contributed by atoms with Crippen molar-refractivity contribution < 1.29 is 117 Å². The van der Waals surface area contributed by atoms with E-state index in [0.717, 1.165) is 0 Å². The third kappa shape index (κ3) is 9.36. The molecule has 4 aliphatic rings. The largest absolute Gasteiger partial charge is 0.397 e. The molecule has 24 nitrogen and oxygen atoms in total. The fourth-order valence-corrected chi connectivity index (χ4v) is 5.99. The van der Waals surface area contributed by atoms with E-state index in [0.29, 0.717) is 0 Å². The molecule has 4 heterocycles. The van der Waals surface area contributed by atoms with Crippen LogP contribution in [0.25, 0.3) is 0 Å². The minimum absolute atomic E-state index is 0.678. The number of rotatable bonds is 12. The molecule has 0 radical (unpaired) electrons. The van der Waals surface area contributed by atoms with Gasteiger partial charge in [-0.15, -0.1) is 0 Å². The van der Waals surface area contributed by atoms with Gasteiger partial charge in [-0.05, 0) is 0 Å². The van der Waals surface area contributed by atoms with Gasteiger partial charge in [0.1, 0.15) is 97.7 Å². The van der Waals surface area contributed by atoms with Gasteiger partial charge in [0.05, 0.1) is 26.4 Å². The van der Waals surface area contributed by atoms with Gasteiger partial charge in [0.2, 0.25) is 0 Å². The smallest absolute Gasteiger partial charge is 0.394 e. The topological polar surface area (TPSA) is 391 Å². The van der Waals surface area contributed by atoms with E-state index in [9.17, 15) is 74.8 Å². The van der Waals surface area contributed by atoms with Crippen LogP contribution in [0.5, 0.6) is 0 Å². The molecule has 0 aromatic carbocycles. The van der Waals surface area contributed by atoms with E-state index in [1.165, 1.54) is 0 Å². The number of aliphatic hydroxyl groups is 13. The van der Waals surface area contributed by atoms with Crippen molar-refractivity contribution in [1.29, 1.82) is 0 Å². The Kier molecular flexibility index (Phi) is 14.0. The van der Waals surface area contributed by atoms with Gasteiger partial charge in [0.25, 0.3) is 0 Å². The van der Waals surface area contributed by atoms with Gasteiger partial charge in [-0.25, -0.2) is 4.18 Å². The summed E-state index contributed by atoms with van der Waals surface area (Å²) in [5, 5.41) is 132. The Morgan fingerprint density at radius 2 is 0.816 bits per heavy atom. The van der Waals surface area contributed by atoms with Crippen LogP contribution < -0.4 is 0 Å². The summed E-state index contributed by atoms with van der Waals surface area (Å²) in [6.45, 7) is -3.09. The predicted octanol–water partition coefficient (Wildman–Crippen LogP) is -9.92. The second-order valence-corrected chi connectivity index (χ2v) is 12.8. The highest BCUT2D eigenvalue weighted by Gasteiger charge is 2.51. The molecule has 4 saturated heterocycles. The number of aliphatic hydroxyl groups excluding tert-OH is 13. The highest BCUT2D eigenvalue weighted by Crippen LogP contribution is 2.29. The summed E-state index contributed by atoms with van der Waals surface area (Å²) in [7, 11) is -5.24. The molecule has 4 fully saturated rings. The van der Waals surface area contributed by atoms with Crippen molar-refractivity contribution in [3.63, 3.8) is 0 Å². The molecule has 0 saturated carbocycles. The zero-order valence-electron chi connectivity index (χ0n) is 25.1. The summed E-state index contributed by atoms with van der Waals surface area (Å²) in [4.78, 5) is 0. The summed E-state index contributed by atoms with van der Waals surface area (Å²) in [6, 6.07) is 0. The molecule has 288 valence electrons. The maximum Gasteiger partial charge on any atom is 0.397 e. The monoisotopic (exact) mass is 746 g/mol. The minimum Gasteiger partial charge on any atom is -0.394 e. The van der Waals surface area contributed by atoms with Crippen LogP contribution in [0.15, 0.2) is 0 Å². The first kappa shape index (κ1) is 40.8. The molecule has 49 heavy (non-hydrogen) atoms. The van der Waals surface area contributed by atoms with Gasteiger partial charge < -0.3 is 99.5 Å². The molecule has 0 amide bonds. The van der Waals surface area contributed by atoms with Crippen LogP contribution in [0.2, 0.25) is 0 Å². The third-order valence-electron chi connectivity index (χ3n) is 8.35. The minimum atomic E-state index is -5.24. The normalized spacial score (nSPS) is 49.9. The van der Waals surface area contributed by atoms with E-state index in [-0.39, 0.29) is 0 Å². The van der Waals surface area contributed by atoms with Gasteiger partial charge in [0, 0.05) is 0 Å².